The fourth-order valence-corrected chi connectivity index (χ4v) is 3.87. The van der Waals surface area contributed by atoms with Gasteiger partial charge in [-0.3, -0.25) is 0 Å². The van der Waals surface area contributed by atoms with Crippen molar-refractivity contribution in [3.8, 4) is 16.9 Å². The lowest BCUT2D eigenvalue weighted by Crippen LogP contribution is -2.17. The van der Waals surface area contributed by atoms with Gasteiger partial charge in [0.25, 0.3) is 0 Å². The fraction of sp³-hybridized carbons (Fsp3) is 0.261. The van der Waals surface area contributed by atoms with Crippen molar-refractivity contribution in [1.29, 1.82) is 0 Å². The van der Waals surface area contributed by atoms with Crippen LogP contribution in [0.2, 0.25) is 0 Å². The highest BCUT2D eigenvalue weighted by Crippen LogP contribution is 2.35. The van der Waals surface area contributed by atoms with Gasteiger partial charge in [-0.15, -0.1) is 0 Å². The van der Waals surface area contributed by atoms with Crippen LogP contribution < -0.4 is 10.1 Å². The van der Waals surface area contributed by atoms with Crippen molar-refractivity contribution in [1.82, 2.24) is 9.88 Å². The summed E-state index contributed by atoms with van der Waals surface area (Å²) in [4.78, 5) is 11.6. The average molecular weight is 376 g/mol. The van der Waals surface area contributed by atoms with Crippen LogP contribution in [0.3, 0.4) is 0 Å². The molecule has 1 aromatic heterocycles. The molecule has 0 spiro atoms. The van der Waals surface area contributed by atoms with E-state index in [1.807, 2.05) is 12.1 Å². The summed E-state index contributed by atoms with van der Waals surface area (Å²) in [6.07, 6.45) is 4.25. The molecule has 1 aliphatic heterocycles. The smallest absolute Gasteiger partial charge is 0.330 e. The van der Waals surface area contributed by atoms with E-state index in [9.17, 15) is 4.79 Å². The lowest BCUT2D eigenvalue weighted by molar-refractivity contribution is -0.134. The summed E-state index contributed by atoms with van der Waals surface area (Å²) in [6, 6.07) is 14.7. The topological polar surface area (TPSA) is 52.5 Å². The van der Waals surface area contributed by atoms with Gasteiger partial charge in [-0.25, -0.2) is 4.79 Å². The first-order chi connectivity index (χ1) is 13.7. The Morgan fingerprint density at radius 2 is 2.00 bits per heavy atom. The first kappa shape index (κ1) is 18.3. The predicted octanol–water partition coefficient (Wildman–Crippen LogP) is 3.65. The third-order valence-corrected chi connectivity index (χ3v) is 5.23. The third kappa shape index (κ3) is 3.41. The molecule has 3 aromatic rings. The van der Waals surface area contributed by atoms with E-state index in [1.165, 1.54) is 29.8 Å². The maximum atomic E-state index is 11.6. The van der Waals surface area contributed by atoms with Gasteiger partial charge in [0.15, 0.2) is 0 Å². The second-order valence-corrected chi connectivity index (χ2v) is 6.84. The predicted molar refractivity (Wildman–Crippen MR) is 112 cm³/mol. The molecule has 5 nitrogen and oxygen atoms in total. The summed E-state index contributed by atoms with van der Waals surface area (Å²) in [5, 5.41) is 4.71. The highest BCUT2D eigenvalue weighted by Gasteiger charge is 2.16. The first-order valence-corrected chi connectivity index (χ1v) is 9.47. The number of hydrogen-bond acceptors (Lipinski definition) is 4. The van der Waals surface area contributed by atoms with Crippen molar-refractivity contribution >= 4 is 22.9 Å². The maximum absolute atomic E-state index is 11.6. The number of carbonyl (C=O) groups excluding carboxylic acids is 1. The molecule has 2 aromatic carbocycles. The molecule has 144 valence electrons. The van der Waals surface area contributed by atoms with Crippen LogP contribution >= 0.6 is 0 Å². The molecule has 0 fully saturated rings. The third-order valence-electron chi connectivity index (χ3n) is 5.23. The molecule has 0 bridgehead atoms. The Bertz CT molecular complexity index is 1050. The van der Waals surface area contributed by atoms with E-state index in [-0.39, 0.29) is 5.97 Å². The van der Waals surface area contributed by atoms with Crippen LogP contribution in [0.25, 0.3) is 28.1 Å². The van der Waals surface area contributed by atoms with E-state index in [0.717, 1.165) is 48.5 Å². The van der Waals surface area contributed by atoms with Gasteiger partial charge in [-0.05, 0) is 35.4 Å². The van der Waals surface area contributed by atoms with E-state index in [4.69, 9.17) is 9.47 Å². The van der Waals surface area contributed by atoms with Crippen LogP contribution in [0.1, 0.15) is 11.3 Å². The van der Waals surface area contributed by atoms with Gasteiger partial charge in [0.2, 0.25) is 0 Å². The van der Waals surface area contributed by atoms with Gasteiger partial charge in [0.1, 0.15) is 5.75 Å². The molecule has 0 saturated heterocycles. The molecule has 4 rings (SSSR count). The Kier molecular flexibility index (Phi) is 5.17. The van der Waals surface area contributed by atoms with E-state index in [1.54, 1.807) is 13.2 Å². The van der Waals surface area contributed by atoms with Crippen LogP contribution in [-0.2, 0) is 22.5 Å². The zero-order valence-electron chi connectivity index (χ0n) is 16.2. The molecule has 1 aliphatic rings. The van der Waals surface area contributed by atoms with Crippen molar-refractivity contribution < 1.29 is 14.3 Å². The number of ether oxygens (including phenoxy) is 2. The number of aromatic nitrogens is 1. The van der Waals surface area contributed by atoms with Gasteiger partial charge in [-0.2, -0.15) is 0 Å². The van der Waals surface area contributed by atoms with Crippen molar-refractivity contribution in [2.45, 2.75) is 13.0 Å². The molecule has 28 heavy (non-hydrogen) atoms. The molecule has 0 atom stereocenters. The number of nitrogens with one attached hydrogen (secondary N) is 1. The van der Waals surface area contributed by atoms with Crippen LogP contribution in [0.5, 0.6) is 5.75 Å². The number of rotatable bonds is 4. The summed E-state index contributed by atoms with van der Waals surface area (Å²) in [7, 11) is 3.02. The molecule has 2 heterocycles. The highest BCUT2D eigenvalue weighted by molar-refractivity contribution is 5.98. The molecule has 0 saturated carbocycles. The monoisotopic (exact) mass is 376 g/mol. The lowest BCUT2D eigenvalue weighted by atomic mass is 9.97. The van der Waals surface area contributed by atoms with E-state index >= 15 is 0 Å². The second kappa shape index (κ2) is 7.90. The second-order valence-electron chi connectivity index (χ2n) is 6.84. The van der Waals surface area contributed by atoms with Gasteiger partial charge in [-0.1, -0.05) is 24.3 Å². The molecular weight excluding hydrogens is 352 g/mol. The van der Waals surface area contributed by atoms with Crippen LogP contribution in [0.4, 0.5) is 0 Å². The molecular formula is C23H24N2O3. The number of fused-ring (bicyclic) bond motifs is 3. The Morgan fingerprint density at radius 3 is 2.82 bits per heavy atom. The Hall–Kier alpha value is -3.05. The molecule has 0 unspecified atom stereocenters. The summed E-state index contributed by atoms with van der Waals surface area (Å²) < 4.78 is 12.6. The quantitative estimate of drug-likeness (QED) is 0.558. The number of methoxy groups -OCH3 is 2. The summed E-state index contributed by atoms with van der Waals surface area (Å²) in [5.41, 5.74) is 5.72. The van der Waals surface area contributed by atoms with Crippen molar-refractivity contribution in [3.05, 3.63) is 59.8 Å². The Morgan fingerprint density at radius 1 is 1.11 bits per heavy atom. The van der Waals surface area contributed by atoms with Gasteiger partial charge < -0.3 is 19.4 Å². The fourth-order valence-electron chi connectivity index (χ4n) is 3.87. The number of carbonyl (C=O) groups is 1. The highest BCUT2D eigenvalue weighted by atomic mass is 16.5. The SMILES string of the molecule is COC(=O)/C=C\c1cc(OC)ccc1-c1cccc2cc3n(c12)CCNCC3. The van der Waals surface area contributed by atoms with E-state index < -0.39 is 0 Å². The van der Waals surface area contributed by atoms with Crippen LogP contribution in [-0.4, -0.2) is 37.8 Å². The summed E-state index contributed by atoms with van der Waals surface area (Å²) >= 11 is 0. The van der Waals surface area contributed by atoms with Crippen molar-refractivity contribution in [2.24, 2.45) is 0 Å². The number of nitrogens with zero attached hydrogens (tertiary/aromatic N) is 1. The maximum Gasteiger partial charge on any atom is 0.330 e. The standard InChI is InChI=1S/C23H24N2O3/c1-27-19-7-8-20(16(15-19)6-9-22(26)28-2)21-5-3-4-17-14-18-10-11-24-12-13-25(18)23(17)21/h3-9,14-15,24H,10-13H2,1-2H3/b9-6-. The zero-order chi connectivity index (χ0) is 19.5. The Labute approximate surface area is 164 Å². The van der Waals surface area contributed by atoms with Crippen LogP contribution in [0, 0.1) is 0 Å². The minimum atomic E-state index is -0.380. The minimum absolute atomic E-state index is 0.380. The lowest BCUT2D eigenvalue weighted by Gasteiger charge is -2.14. The number of para-hydroxylation sites is 1. The van der Waals surface area contributed by atoms with Gasteiger partial charge in [0.05, 0.1) is 19.7 Å². The van der Waals surface area contributed by atoms with Gasteiger partial charge >= 0.3 is 5.97 Å². The number of benzene rings is 2. The van der Waals surface area contributed by atoms with E-state index in [2.05, 4.69) is 40.2 Å². The van der Waals surface area contributed by atoms with Crippen molar-refractivity contribution in [3.63, 3.8) is 0 Å². The molecule has 0 aliphatic carbocycles. The van der Waals surface area contributed by atoms with Crippen LogP contribution in [0.15, 0.2) is 48.5 Å². The van der Waals surface area contributed by atoms with Crippen molar-refractivity contribution in [2.75, 3.05) is 27.3 Å². The molecule has 0 radical (unpaired) electrons. The Balaban J connectivity index is 1.91. The number of esters is 1. The normalized spacial score (nSPS) is 14.1. The molecule has 5 heteroatoms. The number of hydrogen-bond donors (Lipinski definition) is 1. The largest absolute Gasteiger partial charge is 0.497 e. The first-order valence-electron chi connectivity index (χ1n) is 9.47. The average Bonchev–Trinajstić information content (AvgIpc) is 2.93. The summed E-state index contributed by atoms with van der Waals surface area (Å²) in [6.45, 7) is 2.91. The zero-order valence-corrected chi connectivity index (χ0v) is 16.2. The van der Waals surface area contributed by atoms with E-state index in [0.29, 0.717) is 0 Å². The summed E-state index contributed by atoms with van der Waals surface area (Å²) in [5.74, 6) is 0.369. The molecule has 0 amide bonds. The molecule has 1 N–H and O–H groups in total. The van der Waals surface area contributed by atoms with Gasteiger partial charge in [0, 0.05) is 48.8 Å². The minimum Gasteiger partial charge on any atom is -0.497 e.